The summed E-state index contributed by atoms with van der Waals surface area (Å²) in [7, 11) is 1.31. The molecule has 0 unspecified atom stereocenters. The van der Waals surface area contributed by atoms with Crippen LogP contribution in [-0.2, 0) is 25.2 Å². The number of amides is 1. The van der Waals surface area contributed by atoms with Crippen LogP contribution in [0.5, 0.6) is 5.75 Å². The molecule has 2 aromatic carbocycles. The third-order valence-electron chi connectivity index (χ3n) is 5.39. The number of rotatable bonds is 3. The van der Waals surface area contributed by atoms with Gasteiger partial charge in [-0.1, -0.05) is 65.4 Å². The Hall–Kier alpha value is -2.73. The number of esters is 1. The lowest BCUT2D eigenvalue weighted by atomic mass is 9.78. The number of thioether (sulfide) groups is 1. The number of hydrogen-bond acceptors (Lipinski definition) is 5. The lowest BCUT2D eigenvalue weighted by Crippen LogP contribution is -2.38. The number of hydrogen-bond donors (Lipinski definition) is 1. The second-order valence-electron chi connectivity index (χ2n) is 10.0. The van der Waals surface area contributed by atoms with Crippen molar-refractivity contribution in [3.63, 3.8) is 0 Å². The van der Waals surface area contributed by atoms with Crippen molar-refractivity contribution < 1.29 is 19.4 Å². The quantitative estimate of drug-likeness (QED) is 0.481. The maximum Gasteiger partial charge on any atom is 0.325 e. The third-order valence-corrected chi connectivity index (χ3v) is 6.47. The summed E-state index contributed by atoms with van der Waals surface area (Å²) in [4.78, 5) is 28.2. The van der Waals surface area contributed by atoms with Crippen LogP contribution in [0.25, 0.3) is 6.08 Å². The number of carbonyl (C=O) groups is 2. The fourth-order valence-electron chi connectivity index (χ4n) is 3.65. The van der Waals surface area contributed by atoms with Crippen LogP contribution in [0.3, 0.4) is 0 Å². The molecule has 0 atom stereocenters. The van der Waals surface area contributed by atoms with Gasteiger partial charge in [-0.15, -0.1) is 0 Å². The molecule has 32 heavy (non-hydrogen) atoms. The van der Waals surface area contributed by atoms with E-state index in [0.29, 0.717) is 16.3 Å². The number of benzene rings is 2. The SMILES string of the molecule is COC(=O)CN1C(=O)C(=Cc2cc(C(C)(C)C)c(O)c(C(C)(C)C)c2)Sc2ccccc21. The number of methoxy groups -OCH3 is 1. The Labute approximate surface area is 194 Å². The summed E-state index contributed by atoms with van der Waals surface area (Å²) in [5, 5.41) is 11.0. The normalized spacial score (nSPS) is 15.7. The summed E-state index contributed by atoms with van der Waals surface area (Å²) in [5.41, 5.74) is 2.65. The third kappa shape index (κ3) is 4.85. The summed E-state index contributed by atoms with van der Waals surface area (Å²) in [6, 6.07) is 11.4. The highest BCUT2D eigenvalue weighted by Crippen LogP contribution is 2.44. The molecule has 0 aliphatic carbocycles. The summed E-state index contributed by atoms with van der Waals surface area (Å²) in [6.45, 7) is 12.2. The first-order chi connectivity index (χ1) is 14.8. The van der Waals surface area contributed by atoms with Crippen LogP contribution in [0.4, 0.5) is 5.69 Å². The number of anilines is 1. The molecule has 6 heteroatoms. The molecule has 0 saturated heterocycles. The smallest absolute Gasteiger partial charge is 0.325 e. The van der Waals surface area contributed by atoms with Gasteiger partial charge in [-0.25, -0.2) is 0 Å². The van der Waals surface area contributed by atoms with E-state index in [1.54, 1.807) is 0 Å². The van der Waals surface area contributed by atoms with Gasteiger partial charge in [-0.05, 0) is 46.7 Å². The maximum absolute atomic E-state index is 13.4. The lowest BCUT2D eigenvalue weighted by molar-refractivity contribution is -0.139. The minimum Gasteiger partial charge on any atom is -0.507 e. The van der Waals surface area contributed by atoms with E-state index in [0.717, 1.165) is 21.6 Å². The van der Waals surface area contributed by atoms with Gasteiger partial charge in [0.1, 0.15) is 12.3 Å². The standard InChI is InChI=1S/C26H31NO4S/c1-25(2,3)17-12-16(13-18(23(17)29)26(4,5)6)14-21-24(30)27(15-22(28)31-7)19-10-8-9-11-20(19)32-21/h8-14,29H,15H2,1-7H3. The van der Waals surface area contributed by atoms with Crippen LogP contribution in [0.15, 0.2) is 46.2 Å². The van der Waals surface area contributed by atoms with Crippen LogP contribution in [0.2, 0.25) is 0 Å². The predicted octanol–water partition coefficient (Wildman–Crippen LogP) is 5.64. The zero-order valence-electron chi connectivity index (χ0n) is 19.8. The molecule has 2 aromatic rings. The molecule has 5 nitrogen and oxygen atoms in total. The summed E-state index contributed by atoms with van der Waals surface area (Å²) in [6.07, 6.45) is 1.84. The molecule has 1 heterocycles. The highest BCUT2D eigenvalue weighted by Gasteiger charge is 2.31. The number of phenolic OH excluding ortho intramolecular Hbond substituents is 1. The Morgan fingerprint density at radius 3 is 2.16 bits per heavy atom. The summed E-state index contributed by atoms with van der Waals surface area (Å²) in [5.74, 6) is -0.427. The Balaban J connectivity index is 2.15. The Bertz CT molecular complexity index is 1050. The molecular formula is C26H31NO4S. The first-order valence-corrected chi connectivity index (χ1v) is 11.4. The topological polar surface area (TPSA) is 66.8 Å². The minimum atomic E-state index is -0.478. The molecule has 0 bridgehead atoms. The van der Waals surface area contributed by atoms with E-state index in [9.17, 15) is 14.7 Å². The molecule has 1 aliphatic heterocycles. The largest absolute Gasteiger partial charge is 0.507 e. The van der Waals surface area contributed by atoms with Gasteiger partial charge in [0, 0.05) is 16.0 Å². The van der Waals surface area contributed by atoms with E-state index in [1.807, 2.05) is 42.5 Å². The minimum absolute atomic E-state index is 0.152. The zero-order chi connectivity index (χ0) is 23.8. The number of nitrogens with zero attached hydrogens (tertiary/aromatic N) is 1. The van der Waals surface area contributed by atoms with Gasteiger partial charge in [-0.3, -0.25) is 14.5 Å². The molecule has 1 N–H and O–H groups in total. The monoisotopic (exact) mass is 453 g/mol. The molecule has 170 valence electrons. The van der Waals surface area contributed by atoms with E-state index in [-0.39, 0.29) is 23.3 Å². The van der Waals surface area contributed by atoms with Crippen LogP contribution in [0, 0.1) is 0 Å². The van der Waals surface area contributed by atoms with Crippen LogP contribution in [0.1, 0.15) is 58.2 Å². The molecule has 0 spiro atoms. The predicted molar refractivity (Wildman–Crippen MR) is 130 cm³/mol. The van der Waals surface area contributed by atoms with Crippen molar-refractivity contribution in [2.45, 2.75) is 57.3 Å². The van der Waals surface area contributed by atoms with Gasteiger partial charge in [0.25, 0.3) is 5.91 Å². The number of ether oxygens (including phenoxy) is 1. The van der Waals surface area contributed by atoms with E-state index in [4.69, 9.17) is 4.74 Å². The van der Waals surface area contributed by atoms with E-state index < -0.39 is 5.97 Å². The van der Waals surface area contributed by atoms with Crippen molar-refractivity contribution in [1.29, 1.82) is 0 Å². The molecule has 0 saturated carbocycles. The Kier molecular flexibility index (Phi) is 6.47. The second-order valence-corrected chi connectivity index (χ2v) is 11.1. The first kappa shape index (κ1) is 23.9. The van der Waals surface area contributed by atoms with Gasteiger partial charge < -0.3 is 9.84 Å². The average molecular weight is 454 g/mol. The van der Waals surface area contributed by atoms with Crippen molar-refractivity contribution in [2.75, 3.05) is 18.6 Å². The lowest BCUT2D eigenvalue weighted by Gasteiger charge is -2.30. The molecule has 3 rings (SSSR count). The van der Waals surface area contributed by atoms with E-state index in [1.165, 1.54) is 23.8 Å². The Morgan fingerprint density at radius 1 is 1.06 bits per heavy atom. The molecule has 1 amide bonds. The molecular weight excluding hydrogens is 422 g/mol. The van der Waals surface area contributed by atoms with E-state index >= 15 is 0 Å². The second kappa shape index (κ2) is 8.66. The first-order valence-electron chi connectivity index (χ1n) is 10.6. The van der Waals surface area contributed by atoms with Crippen LogP contribution in [-0.4, -0.2) is 30.6 Å². The van der Waals surface area contributed by atoms with Crippen LogP contribution < -0.4 is 4.90 Å². The van der Waals surface area contributed by atoms with Gasteiger partial charge in [0.15, 0.2) is 0 Å². The van der Waals surface area contributed by atoms with Crippen molar-refractivity contribution in [3.05, 3.63) is 58.0 Å². The average Bonchev–Trinajstić information content (AvgIpc) is 2.70. The fraction of sp³-hybridized carbons (Fsp3) is 0.385. The Morgan fingerprint density at radius 2 is 1.62 bits per heavy atom. The van der Waals surface area contributed by atoms with Crippen molar-refractivity contribution in [1.82, 2.24) is 0 Å². The molecule has 0 aromatic heterocycles. The molecule has 1 aliphatic rings. The zero-order valence-corrected chi connectivity index (χ0v) is 20.6. The summed E-state index contributed by atoms with van der Waals surface area (Å²) < 4.78 is 4.80. The van der Waals surface area contributed by atoms with E-state index in [2.05, 4.69) is 41.5 Å². The highest BCUT2D eigenvalue weighted by molar-refractivity contribution is 8.04. The maximum atomic E-state index is 13.4. The number of phenols is 1. The van der Waals surface area contributed by atoms with Gasteiger partial charge in [-0.2, -0.15) is 0 Å². The van der Waals surface area contributed by atoms with Crippen molar-refractivity contribution in [3.8, 4) is 5.75 Å². The fourth-order valence-corrected chi connectivity index (χ4v) is 4.71. The van der Waals surface area contributed by atoms with Gasteiger partial charge in [0.2, 0.25) is 0 Å². The molecule has 0 radical (unpaired) electrons. The number of para-hydroxylation sites is 1. The van der Waals surface area contributed by atoms with Gasteiger partial charge >= 0.3 is 5.97 Å². The number of fused-ring (bicyclic) bond motifs is 1. The highest BCUT2D eigenvalue weighted by atomic mass is 32.2. The molecule has 0 fully saturated rings. The number of carbonyl (C=O) groups excluding carboxylic acids is 2. The number of aromatic hydroxyl groups is 1. The van der Waals surface area contributed by atoms with Crippen molar-refractivity contribution >= 4 is 35.4 Å². The van der Waals surface area contributed by atoms with Crippen molar-refractivity contribution in [2.24, 2.45) is 0 Å². The summed E-state index contributed by atoms with van der Waals surface area (Å²) >= 11 is 1.38. The van der Waals surface area contributed by atoms with Gasteiger partial charge in [0.05, 0.1) is 17.7 Å². The van der Waals surface area contributed by atoms with Crippen LogP contribution >= 0.6 is 11.8 Å².